The van der Waals surface area contributed by atoms with E-state index in [1.165, 1.54) is 11.9 Å². The van der Waals surface area contributed by atoms with Gasteiger partial charge in [0.2, 0.25) is 0 Å². The Hall–Kier alpha value is -3.45. The fourth-order valence-electron chi connectivity index (χ4n) is 5.52. The topological polar surface area (TPSA) is 130 Å². The van der Waals surface area contributed by atoms with E-state index in [1.807, 2.05) is 24.4 Å². The fourth-order valence-corrected chi connectivity index (χ4v) is 6.81. The zero-order valence-electron chi connectivity index (χ0n) is 26.3. The van der Waals surface area contributed by atoms with Crippen LogP contribution >= 0.6 is 0 Å². The van der Waals surface area contributed by atoms with Crippen molar-refractivity contribution in [1.82, 2.24) is 10.0 Å². The van der Waals surface area contributed by atoms with Crippen LogP contribution in [-0.2, 0) is 23.5 Å². The Labute approximate surface area is 259 Å². The predicted molar refractivity (Wildman–Crippen MR) is 167 cm³/mol. The van der Waals surface area contributed by atoms with Gasteiger partial charge in [0.25, 0.3) is 5.91 Å². The summed E-state index contributed by atoms with van der Waals surface area (Å²) in [5.41, 5.74) is 4.28. The van der Waals surface area contributed by atoms with Crippen molar-refractivity contribution in [3.8, 4) is 0 Å². The molecular formula is C32H42N4O7Si. The van der Waals surface area contributed by atoms with Crippen molar-refractivity contribution in [2.45, 2.75) is 96.1 Å². The number of amides is 1. The Morgan fingerprint density at radius 2 is 1.82 bits per heavy atom. The number of carbonyl (C=O) groups is 3. The molecule has 44 heavy (non-hydrogen) atoms. The van der Waals surface area contributed by atoms with Crippen LogP contribution in [0.3, 0.4) is 0 Å². The molecule has 0 saturated carbocycles. The maximum atomic E-state index is 13.2. The number of esters is 1. The third kappa shape index (κ3) is 6.48. The molecule has 1 saturated heterocycles. The molecule has 3 aliphatic heterocycles. The first-order valence-electron chi connectivity index (χ1n) is 15.1. The first kappa shape index (κ1) is 32.0. The predicted octanol–water partition coefficient (Wildman–Crippen LogP) is 4.16. The van der Waals surface area contributed by atoms with E-state index in [2.05, 4.69) is 39.0 Å². The van der Waals surface area contributed by atoms with Crippen LogP contribution in [0.2, 0.25) is 18.1 Å². The van der Waals surface area contributed by atoms with Gasteiger partial charge in [0, 0.05) is 23.8 Å². The second-order valence-corrected chi connectivity index (χ2v) is 18.0. The molecule has 4 atom stereocenters. The van der Waals surface area contributed by atoms with Gasteiger partial charge in [-0.05, 0) is 61.2 Å². The molecular weight excluding hydrogens is 580 g/mol. The molecule has 0 aromatic heterocycles. The van der Waals surface area contributed by atoms with Gasteiger partial charge in [-0.25, -0.2) is 10.0 Å². The number of aliphatic hydroxyl groups excluding tert-OH is 1. The summed E-state index contributed by atoms with van der Waals surface area (Å²) in [5, 5.41) is 22.7. The molecule has 0 bridgehead atoms. The third-order valence-electron chi connectivity index (χ3n) is 8.97. The smallest absolute Gasteiger partial charge is 0.306 e. The normalized spacial score (nSPS) is 25.0. The molecule has 1 N–H and O–H groups in total. The lowest BCUT2D eigenvalue weighted by Gasteiger charge is -2.41. The molecule has 3 heterocycles. The SMILES string of the molecule is CC(=O)CCC(=O)O[C@H]1[C@@H](O[Si](C)(C)C(C)(C)C)[C@H](N2C=C3CCC4=C3C(=N2)C=NN(C(=O)c2ccccc2)C4)O[C@@H]1CO. The highest BCUT2D eigenvalue weighted by molar-refractivity contribution is 6.74. The van der Waals surface area contributed by atoms with Crippen molar-refractivity contribution in [1.29, 1.82) is 0 Å². The highest BCUT2D eigenvalue weighted by Crippen LogP contribution is 2.43. The van der Waals surface area contributed by atoms with E-state index < -0.39 is 45.4 Å². The van der Waals surface area contributed by atoms with Crippen LogP contribution in [0.5, 0.6) is 0 Å². The van der Waals surface area contributed by atoms with Crippen molar-refractivity contribution in [3.05, 3.63) is 58.8 Å². The van der Waals surface area contributed by atoms with Crippen molar-refractivity contribution in [3.63, 3.8) is 0 Å². The number of hydrogen-bond donors (Lipinski definition) is 1. The molecule has 236 valence electrons. The Morgan fingerprint density at radius 1 is 1.09 bits per heavy atom. The minimum absolute atomic E-state index is 0.0663. The minimum atomic E-state index is -2.44. The molecule has 4 aliphatic rings. The maximum Gasteiger partial charge on any atom is 0.306 e. The average Bonchev–Trinajstić information content (AvgIpc) is 3.47. The summed E-state index contributed by atoms with van der Waals surface area (Å²) in [4.78, 5) is 37.6. The van der Waals surface area contributed by atoms with E-state index in [1.54, 1.807) is 23.4 Å². The highest BCUT2D eigenvalue weighted by Gasteiger charge is 2.54. The van der Waals surface area contributed by atoms with E-state index in [0.29, 0.717) is 17.8 Å². The van der Waals surface area contributed by atoms with E-state index in [0.717, 1.165) is 29.6 Å². The number of nitrogens with zero attached hydrogens (tertiary/aromatic N) is 4. The van der Waals surface area contributed by atoms with Crippen LogP contribution in [0.15, 0.2) is 63.5 Å². The molecule has 0 unspecified atom stereocenters. The molecule has 0 spiro atoms. The molecule has 5 rings (SSSR count). The van der Waals surface area contributed by atoms with E-state index in [-0.39, 0.29) is 29.6 Å². The van der Waals surface area contributed by atoms with Crippen LogP contribution in [0.4, 0.5) is 0 Å². The first-order chi connectivity index (χ1) is 20.8. The van der Waals surface area contributed by atoms with Crippen molar-refractivity contribution >= 4 is 37.9 Å². The zero-order valence-corrected chi connectivity index (χ0v) is 27.3. The largest absolute Gasteiger partial charge is 0.457 e. The number of ketones is 1. The minimum Gasteiger partial charge on any atom is -0.457 e. The summed E-state index contributed by atoms with van der Waals surface area (Å²) in [6.07, 6.45) is 1.73. The molecule has 12 heteroatoms. The van der Waals surface area contributed by atoms with Crippen LogP contribution in [0.25, 0.3) is 0 Å². The van der Waals surface area contributed by atoms with Gasteiger partial charge in [-0.3, -0.25) is 9.59 Å². The van der Waals surface area contributed by atoms with Crippen LogP contribution in [0, 0.1) is 0 Å². The number of ether oxygens (including phenoxy) is 2. The summed E-state index contributed by atoms with van der Waals surface area (Å²) in [5.74, 6) is -0.852. The fraction of sp³-hybridized carbons (Fsp3) is 0.531. The summed E-state index contributed by atoms with van der Waals surface area (Å²) >= 11 is 0. The van der Waals surface area contributed by atoms with Crippen LogP contribution < -0.4 is 0 Å². The summed E-state index contributed by atoms with van der Waals surface area (Å²) in [6, 6.07) is 9.06. The van der Waals surface area contributed by atoms with Crippen LogP contribution in [-0.4, -0.2) is 90.7 Å². The molecule has 0 radical (unpaired) electrons. The number of rotatable bonds is 9. The quantitative estimate of drug-likeness (QED) is 0.321. The Balaban J connectivity index is 1.47. The Bertz CT molecular complexity index is 1430. The standard InChI is InChI=1S/C32H42N4O7Si/c1-20(38)12-15-26(39)42-28-25(19-37)41-31(29(28)43-44(5,6)32(2,3)4)36-18-23-14-13-22-17-35(33-16-24(34-36)27(22)23)30(40)21-10-8-7-9-11-21/h7-11,16,18,25,28-29,31,37H,12-15,17,19H2,1-6H3/t25-,28-,29-,31-/m1/s1. The summed E-state index contributed by atoms with van der Waals surface area (Å²) in [6.45, 7) is 12.0. The molecule has 1 aliphatic carbocycles. The monoisotopic (exact) mass is 622 g/mol. The van der Waals surface area contributed by atoms with Gasteiger partial charge in [-0.2, -0.15) is 10.2 Å². The highest BCUT2D eigenvalue weighted by atomic mass is 28.4. The number of hydrogen-bond acceptors (Lipinski definition) is 10. The van der Waals surface area contributed by atoms with E-state index in [9.17, 15) is 19.5 Å². The third-order valence-corrected chi connectivity index (χ3v) is 13.4. The number of allylic oxidation sites excluding steroid dienone is 2. The van der Waals surface area contributed by atoms with Crippen molar-refractivity contribution in [2.24, 2.45) is 10.2 Å². The van der Waals surface area contributed by atoms with Gasteiger partial charge in [-0.1, -0.05) is 39.0 Å². The number of benzene rings is 1. The zero-order chi connectivity index (χ0) is 31.8. The first-order valence-corrected chi connectivity index (χ1v) is 18.0. The summed E-state index contributed by atoms with van der Waals surface area (Å²) < 4.78 is 19.1. The lowest BCUT2D eigenvalue weighted by atomic mass is 10.0. The Kier molecular flexibility index (Phi) is 9.08. The van der Waals surface area contributed by atoms with Crippen molar-refractivity contribution < 1.29 is 33.4 Å². The number of hydrazone groups is 2. The maximum absolute atomic E-state index is 13.2. The van der Waals surface area contributed by atoms with E-state index in [4.69, 9.17) is 19.0 Å². The number of aliphatic hydroxyl groups is 1. The molecule has 1 fully saturated rings. The van der Waals surface area contributed by atoms with Crippen molar-refractivity contribution in [2.75, 3.05) is 13.2 Å². The lowest BCUT2D eigenvalue weighted by Crippen LogP contribution is -2.53. The van der Waals surface area contributed by atoms with Gasteiger partial charge >= 0.3 is 5.97 Å². The number of carbonyl (C=O) groups excluding carboxylic acids is 3. The second-order valence-electron chi connectivity index (χ2n) is 13.2. The van der Waals surface area contributed by atoms with Gasteiger partial charge in [0.05, 0.1) is 25.8 Å². The molecule has 1 aromatic rings. The average molecular weight is 623 g/mol. The van der Waals surface area contributed by atoms with Gasteiger partial charge in [-0.15, -0.1) is 0 Å². The Morgan fingerprint density at radius 3 is 2.48 bits per heavy atom. The molecule has 1 amide bonds. The van der Waals surface area contributed by atoms with Gasteiger partial charge < -0.3 is 23.8 Å². The van der Waals surface area contributed by atoms with Gasteiger partial charge in [0.1, 0.15) is 23.7 Å². The summed E-state index contributed by atoms with van der Waals surface area (Å²) in [7, 11) is -2.44. The number of Topliss-reactive ketones (excluding diaryl/α,β-unsaturated/α-hetero) is 1. The second kappa shape index (κ2) is 12.5. The molecule has 1 aromatic carbocycles. The van der Waals surface area contributed by atoms with Crippen LogP contribution in [0.1, 0.15) is 63.7 Å². The van der Waals surface area contributed by atoms with E-state index >= 15 is 0 Å². The van der Waals surface area contributed by atoms with Gasteiger partial charge in [0.15, 0.2) is 20.6 Å². The lowest BCUT2D eigenvalue weighted by molar-refractivity contribution is -0.156. The molecule has 11 nitrogen and oxygen atoms in total.